The third kappa shape index (κ3) is 4.60. The summed E-state index contributed by atoms with van der Waals surface area (Å²) >= 11 is 0. The second kappa shape index (κ2) is 7.13. The lowest BCUT2D eigenvalue weighted by atomic mass is 9.93. The lowest BCUT2D eigenvalue weighted by Crippen LogP contribution is -2.46. The van der Waals surface area contributed by atoms with Gasteiger partial charge in [-0.1, -0.05) is 32.6 Å². The van der Waals surface area contributed by atoms with Gasteiger partial charge in [0.15, 0.2) is 0 Å². The quantitative estimate of drug-likeness (QED) is 0.710. The van der Waals surface area contributed by atoms with Gasteiger partial charge in [-0.05, 0) is 33.1 Å². The number of carbonyl (C=O) groups is 1. The molecule has 3 nitrogen and oxygen atoms in total. The van der Waals surface area contributed by atoms with Gasteiger partial charge in [-0.25, -0.2) is 0 Å². The zero-order valence-corrected chi connectivity index (χ0v) is 12.4. The highest BCUT2D eigenvalue weighted by Crippen LogP contribution is 2.30. The van der Waals surface area contributed by atoms with Crippen molar-refractivity contribution < 1.29 is 4.79 Å². The lowest BCUT2D eigenvalue weighted by molar-refractivity contribution is -0.134. The molecule has 1 rings (SSSR count). The van der Waals surface area contributed by atoms with Crippen LogP contribution >= 0.6 is 0 Å². The maximum Gasteiger partial charge on any atom is 0.224 e. The van der Waals surface area contributed by atoms with E-state index in [0.29, 0.717) is 12.5 Å². The van der Waals surface area contributed by atoms with Gasteiger partial charge in [0, 0.05) is 24.5 Å². The van der Waals surface area contributed by atoms with Crippen LogP contribution in [0, 0.1) is 0 Å². The molecule has 0 bridgehead atoms. The molecule has 1 aliphatic rings. The van der Waals surface area contributed by atoms with Crippen molar-refractivity contribution in [2.75, 3.05) is 6.54 Å². The Morgan fingerprint density at radius 1 is 1.28 bits per heavy atom. The van der Waals surface area contributed by atoms with E-state index in [-0.39, 0.29) is 11.4 Å². The van der Waals surface area contributed by atoms with Crippen molar-refractivity contribution in [1.82, 2.24) is 4.90 Å². The molecule has 0 heterocycles. The minimum Gasteiger partial charge on any atom is -0.340 e. The van der Waals surface area contributed by atoms with Crippen LogP contribution in [0.4, 0.5) is 0 Å². The first-order chi connectivity index (χ1) is 8.48. The monoisotopic (exact) mass is 254 g/mol. The summed E-state index contributed by atoms with van der Waals surface area (Å²) in [7, 11) is 0. The van der Waals surface area contributed by atoms with Crippen LogP contribution in [-0.4, -0.2) is 28.9 Å². The van der Waals surface area contributed by atoms with Gasteiger partial charge in [0.05, 0.1) is 0 Å². The maximum atomic E-state index is 12.4. The van der Waals surface area contributed by atoms with E-state index in [4.69, 9.17) is 5.73 Å². The number of rotatable bonds is 7. The van der Waals surface area contributed by atoms with Crippen LogP contribution in [0.5, 0.6) is 0 Å². The Bertz CT molecular complexity index is 257. The second-order valence-corrected chi connectivity index (χ2v) is 6.13. The zero-order valence-electron chi connectivity index (χ0n) is 12.4. The van der Waals surface area contributed by atoms with Crippen molar-refractivity contribution in [3.05, 3.63) is 0 Å². The predicted octanol–water partition coefficient (Wildman–Crippen LogP) is 3.08. The van der Waals surface area contributed by atoms with Crippen molar-refractivity contribution >= 4 is 5.91 Å². The molecule has 0 saturated heterocycles. The summed E-state index contributed by atoms with van der Waals surface area (Å²) in [6.07, 6.45) is 8.43. The van der Waals surface area contributed by atoms with Crippen molar-refractivity contribution in [3.63, 3.8) is 0 Å². The summed E-state index contributed by atoms with van der Waals surface area (Å²) in [5.41, 5.74) is 6.09. The van der Waals surface area contributed by atoms with E-state index in [1.807, 2.05) is 4.90 Å². The summed E-state index contributed by atoms with van der Waals surface area (Å²) in [5.74, 6) is 0.255. The number of hydrogen-bond acceptors (Lipinski definition) is 2. The number of amides is 1. The normalized spacial score (nSPS) is 18.3. The van der Waals surface area contributed by atoms with Gasteiger partial charge < -0.3 is 10.6 Å². The number of carbonyl (C=O) groups excluding carboxylic acids is 1. The number of nitrogens with zero attached hydrogens (tertiary/aromatic N) is 1. The lowest BCUT2D eigenvalue weighted by Gasteiger charge is -2.31. The van der Waals surface area contributed by atoms with E-state index in [2.05, 4.69) is 20.8 Å². The molecule has 0 spiro atoms. The standard InChI is InChI=1S/C15H30N2O/c1-4-5-8-11-17(13(2)3)14(18)12-15(16)9-6-7-10-15/h13H,4-12,16H2,1-3H3. The van der Waals surface area contributed by atoms with E-state index in [9.17, 15) is 4.79 Å². The van der Waals surface area contributed by atoms with E-state index in [1.165, 1.54) is 25.7 Å². The van der Waals surface area contributed by atoms with Gasteiger partial charge in [0.1, 0.15) is 0 Å². The first kappa shape index (κ1) is 15.5. The fourth-order valence-electron chi connectivity index (χ4n) is 2.86. The Balaban J connectivity index is 2.48. The van der Waals surface area contributed by atoms with Crippen molar-refractivity contribution in [2.45, 2.75) is 83.7 Å². The largest absolute Gasteiger partial charge is 0.340 e. The molecule has 3 heteroatoms. The predicted molar refractivity (Wildman–Crippen MR) is 76.4 cm³/mol. The highest BCUT2D eigenvalue weighted by molar-refractivity contribution is 5.77. The van der Waals surface area contributed by atoms with Crippen LogP contribution in [0.1, 0.15) is 72.1 Å². The molecule has 1 amide bonds. The van der Waals surface area contributed by atoms with Crippen LogP contribution in [-0.2, 0) is 4.79 Å². The van der Waals surface area contributed by atoms with Crippen LogP contribution in [0.3, 0.4) is 0 Å². The van der Waals surface area contributed by atoms with Crippen molar-refractivity contribution in [1.29, 1.82) is 0 Å². The molecular formula is C15H30N2O. The molecule has 0 radical (unpaired) electrons. The van der Waals surface area contributed by atoms with Gasteiger partial charge >= 0.3 is 0 Å². The Morgan fingerprint density at radius 3 is 2.39 bits per heavy atom. The van der Waals surface area contributed by atoms with Crippen LogP contribution in [0.15, 0.2) is 0 Å². The average molecular weight is 254 g/mol. The molecule has 1 aliphatic carbocycles. The molecule has 0 aromatic rings. The smallest absolute Gasteiger partial charge is 0.224 e. The summed E-state index contributed by atoms with van der Waals surface area (Å²) < 4.78 is 0. The van der Waals surface area contributed by atoms with Crippen molar-refractivity contribution in [3.8, 4) is 0 Å². The van der Waals surface area contributed by atoms with E-state index < -0.39 is 0 Å². The highest BCUT2D eigenvalue weighted by Gasteiger charge is 2.33. The molecule has 1 saturated carbocycles. The molecule has 0 unspecified atom stereocenters. The second-order valence-electron chi connectivity index (χ2n) is 6.13. The summed E-state index contributed by atoms with van der Waals surface area (Å²) in [4.78, 5) is 14.4. The molecule has 0 atom stereocenters. The SMILES string of the molecule is CCCCCN(C(=O)CC1(N)CCCC1)C(C)C. The molecule has 106 valence electrons. The summed E-state index contributed by atoms with van der Waals surface area (Å²) in [5, 5.41) is 0. The molecule has 0 aromatic heterocycles. The van der Waals surface area contributed by atoms with Gasteiger partial charge in [0.2, 0.25) is 5.91 Å². The first-order valence-corrected chi connectivity index (χ1v) is 7.57. The Morgan fingerprint density at radius 2 is 1.89 bits per heavy atom. The molecular weight excluding hydrogens is 224 g/mol. The number of nitrogens with two attached hydrogens (primary N) is 1. The van der Waals surface area contributed by atoms with Gasteiger partial charge in [-0.3, -0.25) is 4.79 Å². The first-order valence-electron chi connectivity index (χ1n) is 7.57. The van der Waals surface area contributed by atoms with Crippen molar-refractivity contribution in [2.24, 2.45) is 5.73 Å². The summed E-state index contributed by atoms with van der Waals surface area (Å²) in [6.45, 7) is 7.28. The van der Waals surface area contributed by atoms with Crippen LogP contribution in [0.2, 0.25) is 0 Å². The summed E-state index contributed by atoms with van der Waals surface area (Å²) in [6, 6.07) is 0.291. The molecule has 2 N–H and O–H groups in total. The average Bonchev–Trinajstić information content (AvgIpc) is 2.70. The third-order valence-electron chi connectivity index (χ3n) is 4.05. The maximum absolute atomic E-state index is 12.4. The minimum atomic E-state index is -0.213. The van der Waals surface area contributed by atoms with Crippen LogP contribution < -0.4 is 5.73 Å². The fraction of sp³-hybridized carbons (Fsp3) is 0.933. The number of unbranched alkanes of at least 4 members (excludes halogenated alkanes) is 2. The minimum absolute atomic E-state index is 0.213. The highest BCUT2D eigenvalue weighted by atomic mass is 16.2. The molecule has 0 aromatic carbocycles. The van der Waals surface area contributed by atoms with Gasteiger partial charge in [-0.2, -0.15) is 0 Å². The van der Waals surface area contributed by atoms with E-state index >= 15 is 0 Å². The van der Waals surface area contributed by atoms with Crippen LogP contribution in [0.25, 0.3) is 0 Å². The molecule has 18 heavy (non-hydrogen) atoms. The van der Waals surface area contributed by atoms with Gasteiger partial charge in [0.25, 0.3) is 0 Å². The molecule has 0 aliphatic heterocycles. The zero-order chi connectivity index (χ0) is 13.6. The Hall–Kier alpha value is -0.570. The topological polar surface area (TPSA) is 46.3 Å². The van der Waals surface area contributed by atoms with Gasteiger partial charge in [-0.15, -0.1) is 0 Å². The number of hydrogen-bond donors (Lipinski definition) is 1. The van der Waals surface area contributed by atoms with E-state index in [1.54, 1.807) is 0 Å². The third-order valence-corrected chi connectivity index (χ3v) is 4.05. The Kier molecular flexibility index (Phi) is 6.13. The molecule has 1 fully saturated rings. The fourth-order valence-corrected chi connectivity index (χ4v) is 2.86. The van der Waals surface area contributed by atoms with E-state index in [0.717, 1.165) is 25.8 Å². The Labute approximate surface area is 112 Å².